The molecule has 0 saturated carbocycles. The molecule has 2 aromatic heterocycles. The standard InChI is InChI=1S/C21H17F2N5O3/c22-14-5-6-16(17(23)8-14)21(31,10-28-12-24-11-26-28)9-25-19(29)15-7-13-3-1-2-4-18(13)27-20(15)30/h1-8,11-12,31H,9-10H2,(H,25,29)(H,27,30). The minimum Gasteiger partial charge on any atom is -0.381 e. The molecule has 0 bridgehead atoms. The number of H-pyrrole nitrogens is 1. The van der Waals surface area contributed by atoms with Crippen molar-refractivity contribution in [2.24, 2.45) is 0 Å². The van der Waals surface area contributed by atoms with Crippen molar-refractivity contribution in [1.29, 1.82) is 0 Å². The van der Waals surface area contributed by atoms with Crippen LogP contribution < -0.4 is 10.9 Å². The number of amides is 1. The van der Waals surface area contributed by atoms with E-state index in [2.05, 4.69) is 20.4 Å². The Labute approximate surface area is 174 Å². The smallest absolute Gasteiger partial charge is 0.261 e. The summed E-state index contributed by atoms with van der Waals surface area (Å²) >= 11 is 0. The van der Waals surface area contributed by atoms with Gasteiger partial charge in [0.25, 0.3) is 11.5 Å². The lowest BCUT2D eigenvalue weighted by Crippen LogP contribution is -2.45. The number of rotatable bonds is 6. The molecule has 1 amide bonds. The maximum Gasteiger partial charge on any atom is 0.261 e. The zero-order valence-electron chi connectivity index (χ0n) is 16.0. The molecule has 31 heavy (non-hydrogen) atoms. The summed E-state index contributed by atoms with van der Waals surface area (Å²) in [4.78, 5) is 31.4. The molecule has 0 aliphatic heterocycles. The molecule has 0 saturated heterocycles. The first-order chi connectivity index (χ1) is 14.9. The first-order valence-corrected chi connectivity index (χ1v) is 9.26. The van der Waals surface area contributed by atoms with Crippen molar-refractivity contribution in [3.63, 3.8) is 0 Å². The SMILES string of the molecule is O=C(NCC(O)(Cn1cncn1)c1ccc(F)cc1F)c1cc2ccccc2[nH]c1=O. The molecule has 0 aliphatic carbocycles. The molecule has 0 radical (unpaired) electrons. The molecule has 0 fully saturated rings. The number of hydrogen-bond acceptors (Lipinski definition) is 5. The molecule has 0 spiro atoms. The van der Waals surface area contributed by atoms with Gasteiger partial charge in [0.15, 0.2) is 0 Å². The summed E-state index contributed by atoms with van der Waals surface area (Å²) in [5, 5.41) is 18.2. The number of benzene rings is 2. The van der Waals surface area contributed by atoms with E-state index in [9.17, 15) is 23.5 Å². The Balaban J connectivity index is 1.64. The Hall–Kier alpha value is -3.92. The molecule has 4 rings (SSSR count). The van der Waals surface area contributed by atoms with Crippen molar-refractivity contribution in [2.75, 3.05) is 6.54 Å². The second-order valence-corrected chi connectivity index (χ2v) is 7.03. The van der Waals surface area contributed by atoms with Crippen molar-refractivity contribution < 1.29 is 18.7 Å². The van der Waals surface area contributed by atoms with Gasteiger partial charge < -0.3 is 15.4 Å². The van der Waals surface area contributed by atoms with Gasteiger partial charge in [0.2, 0.25) is 0 Å². The fraction of sp³-hybridized carbons (Fsp3) is 0.143. The molecule has 2 aromatic carbocycles. The third-order valence-electron chi connectivity index (χ3n) is 4.86. The molecule has 10 heteroatoms. The normalized spacial score (nSPS) is 13.1. The van der Waals surface area contributed by atoms with Crippen LogP contribution in [0.4, 0.5) is 8.78 Å². The summed E-state index contributed by atoms with van der Waals surface area (Å²) in [5.74, 6) is -2.55. The van der Waals surface area contributed by atoms with Gasteiger partial charge in [-0.3, -0.25) is 9.59 Å². The van der Waals surface area contributed by atoms with Crippen molar-refractivity contribution in [3.05, 3.63) is 94.3 Å². The zero-order valence-corrected chi connectivity index (χ0v) is 16.0. The molecule has 158 valence electrons. The third kappa shape index (κ3) is 4.19. The van der Waals surface area contributed by atoms with Gasteiger partial charge in [-0.25, -0.2) is 18.4 Å². The highest BCUT2D eigenvalue weighted by Crippen LogP contribution is 2.26. The summed E-state index contributed by atoms with van der Waals surface area (Å²) in [6.07, 6.45) is 2.54. The van der Waals surface area contributed by atoms with Crippen LogP contribution in [-0.2, 0) is 12.1 Å². The number of fused-ring (bicyclic) bond motifs is 1. The minimum atomic E-state index is -2.00. The molecule has 1 unspecified atom stereocenters. The van der Waals surface area contributed by atoms with E-state index in [4.69, 9.17) is 0 Å². The van der Waals surface area contributed by atoms with E-state index < -0.39 is 35.2 Å². The highest BCUT2D eigenvalue weighted by Gasteiger charge is 2.34. The molecular weight excluding hydrogens is 408 g/mol. The number of hydrogen-bond donors (Lipinski definition) is 3. The molecule has 2 heterocycles. The van der Waals surface area contributed by atoms with Gasteiger partial charge in [0, 0.05) is 17.1 Å². The largest absolute Gasteiger partial charge is 0.381 e. The lowest BCUT2D eigenvalue weighted by atomic mass is 9.92. The maximum absolute atomic E-state index is 14.4. The molecule has 4 aromatic rings. The number of pyridine rings is 1. The fourth-order valence-electron chi connectivity index (χ4n) is 3.32. The number of aliphatic hydroxyl groups is 1. The molecule has 1 atom stereocenters. The second kappa shape index (κ2) is 8.07. The Kier molecular flexibility index (Phi) is 5.30. The number of aromatic amines is 1. The van der Waals surface area contributed by atoms with E-state index >= 15 is 0 Å². The van der Waals surface area contributed by atoms with Gasteiger partial charge in [-0.1, -0.05) is 24.3 Å². The van der Waals surface area contributed by atoms with Gasteiger partial charge in [0.05, 0.1) is 13.1 Å². The highest BCUT2D eigenvalue weighted by molar-refractivity contribution is 5.97. The maximum atomic E-state index is 14.4. The van der Waals surface area contributed by atoms with Gasteiger partial charge in [-0.05, 0) is 23.6 Å². The number of nitrogens with one attached hydrogen (secondary N) is 2. The van der Waals surface area contributed by atoms with Gasteiger partial charge >= 0.3 is 0 Å². The van der Waals surface area contributed by atoms with Crippen LogP contribution in [0.25, 0.3) is 10.9 Å². The van der Waals surface area contributed by atoms with E-state index in [0.717, 1.165) is 12.1 Å². The predicted octanol–water partition coefficient (Wildman–Crippen LogP) is 1.72. The highest BCUT2D eigenvalue weighted by atomic mass is 19.1. The van der Waals surface area contributed by atoms with Gasteiger partial charge in [-0.2, -0.15) is 5.10 Å². The molecule has 8 nitrogen and oxygen atoms in total. The van der Waals surface area contributed by atoms with E-state index in [-0.39, 0.29) is 17.7 Å². The van der Waals surface area contributed by atoms with E-state index in [0.29, 0.717) is 17.0 Å². The van der Waals surface area contributed by atoms with Crippen LogP contribution in [-0.4, -0.2) is 37.3 Å². The minimum absolute atomic E-state index is 0.165. The average molecular weight is 425 g/mol. The Morgan fingerprint density at radius 1 is 1.19 bits per heavy atom. The fourth-order valence-corrected chi connectivity index (χ4v) is 3.32. The molecular formula is C21H17F2N5O3. The summed E-state index contributed by atoms with van der Waals surface area (Å²) in [6.45, 7) is -0.746. The van der Waals surface area contributed by atoms with Crippen LogP contribution in [0.2, 0.25) is 0 Å². The Morgan fingerprint density at radius 3 is 2.74 bits per heavy atom. The summed E-state index contributed by atoms with van der Waals surface area (Å²) in [6, 6.07) is 11.1. The van der Waals surface area contributed by atoms with Gasteiger partial charge in [-0.15, -0.1) is 0 Å². The number of carbonyl (C=O) groups is 1. The second-order valence-electron chi connectivity index (χ2n) is 7.03. The monoisotopic (exact) mass is 425 g/mol. The van der Waals surface area contributed by atoms with E-state index in [1.54, 1.807) is 24.3 Å². The van der Waals surface area contributed by atoms with E-state index in [1.165, 1.54) is 23.4 Å². The quantitative estimate of drug-likeness (QED) is 0.435. The number of halogens is 2. The topological polar surface area (TPSA) is 113 Å². The lowest BCUT2D eigenvalue weighted by molar-refractivity contribution is 0.0120. The van der Waals surface area contributed by atoms with Crippen LogP contribution >= 0.6 is 0 Å². The first kappa shape index (κ1) is 20.4. The Bertz CT molecular complexity index is 1310. The average Bonchev–Trinajstić information content (AvgIpc) is 3.24. The number of para-hydroxylation sites is 1. The summed E-state index contributed by atoms with van der Waals surface area (Å²) in [7, 11) is 0. The summed E-state index contributed by atoms with van der Waals surface area (Å²) < 4.78 is 29.1. The van der Waals surface area contributed by atoms with Crippen LogP contribution in [0.15, 0.2) is 66.0 Å². The number of nitrogens with zero attached hydrogens (tertiary/aromatic N) is 3. The first-order valence-electron chi connectivity index (χ1n) is 9.26. The van der Waals surface area contributed by atoms with Gasteiger partial charge in [0.1, 0.15) is 35.5 Å². The van der Waals surface area contributed by atoms with Crippen molar-refractivity contribution in [3.8, 4) is 0 Å². The molecule has 3 N–H and O–H groups in total. The third-order valence-corrected chi connectivity index (χ3v) is 4.86. The number of aromatic nitrogens is 4. The summed E-state index contributed by atoms with van der Waals surface area (Å²) in [5.41, 5.74) is -2.44. The van der Waals surface area contributed by atoms with Crippen molar-refractivity contribution in [2.45, 2.75) is 12.1 Å². The number of carbonyl (C=O) groups excluding carboxylic acids is 1. The van der Waals surface area contributed by atoms with Crippen molar-refractivity contribution in [1.82, 2.24) is 25.1 Å². The van der Waals surface area contributed by atoms with Crippen molar-refractivity contribution >= 4 is 16.8 Å². The lowest BCUT2D eigenvalue weighted by Gasteiger charge is -2.29. The molecule has 0 aliphatic rings. The predicted molar refractivity (Wildman–Crippen MR) is 107 cm³/mol. The Morgan fingerprint density at radius 2 is 2.00 bits per heavy atom. The zero-order chi connectivity index (χ0) is 22.0. The van der Waals surface area contributed by atoms with Crippen LogP contribution in [0.1, 0.15) is 15.9 Å². The van der Waals surface area contributed by atoms with E-state index in [1.807, 2.05) is 0 Å². The van der Waals surface area contributed by atoms with Crippen LogP contribution in [0.3, 0.4) is 0 Å². The van der Waals surface area contributed by atoms with Crippen LogP contribution in [0.5, 0.6) is 0 Å². The van der Waals surface area contributed by atoms with Crippen LogP contribution in [0, 0.1) is 11.6 Å².